The highest BCUT2D eigenvalue weighted by atomic mass is 14.1. The van der Waals surface area contributed by atoms with Crippen LogP contribution < -0.4 is 0 Å². The molecule has 0 aliphatic rings. The summed E-state index contributed by atoms with van der Waals surface area (Å²) in [5, 5.41) is 0. The van der Waals surface area contributed by atoms with Crippen molar-refractivity contribution in [1.82, 2.24) is 0 Å². The molecule has 14 heavy (non-hydrogen) atoms. The van der Waals surface area contributed by atoms with Crippen LogP contribution in [0.4, 0.5) is 0 Å². The van der Waals surface area contributed by atoms with Crippen LogP contribution in [0, 0.1) is 35.5 Å². The number of unbranched alkanes of at least 4 members (excludes halogenated alkanes) is 2. The first kappa shape index (κ1) is 13.1. The fourth-order valence-electron chi connectivity index (χ4n) is 1.26. The van der Waals surface area contributed by atoms with Crippen LogP contribution >= 0.6 is 0 Å². The SMILES string of the molecule is CC#CC(C#CCCCC)CC(C)C. The van der Waals surface area contributed by atoms with Gasteiger partial charge in [0.15, 0.2) is 0 Å². The Morgan fingerprint density at radius 3 is 2.36 bits per heavy atom. The minimum absolute atomic E-state index is 0.289. The first-order valence-electron chi connectivity index (χ1n) is 5.61. The van der Waals surface area contributed by atoms with E-state index in [1.54, 1.807) is 0 Å². The van der Waals surface area contributed by atoms with E-state index in [9.17, 15) is 0 Å². The average Bonchev–Trinajstić information content (AvgIpc) is 2.12. The van der Waals surface area contributed by atoms with E-state index < -0.39 is 0 Å². The zero-order chi connectivity index (χ0) is 10.8. The third kappa shape index (κ3) is 7.75. The van der Waals surface area contributed by atoms with Crippen molar-refractivity contribution in [3.8, 4) is 23.7 Å². The molecule has 0 aliphatic heterocycles. The van der Waals surface area contributed by atoms with E-state index in [2.05, 4.69) is 44.5 Å². The van der Waals surface area contributed by atoms with Crippen molar-refractivity contribution in [3.63, 3.8) is 0 Å². The number of rotatable bonds is 4. The normalized spacial score (nSPS) is 11.2. The maximum atomic E-state index is 3.26. The molecule has 1 atom stereocenters. The quantitative estimate of drug-likeness (QED) is 0.466. The molecule has 0 saturated carbocycles. The molecule has 0 aliphatic carbocycles. The predicted molar refractivity (Wildman–Crippen MR) is 63.7 cm³/mol. The molecule has 0 aromatic rings. The van der Waals surface area contributed by atoms with E-state index in [1.165, 1.54) is 12.8 Å². The van der Waals surface area contributed by atoms with Crippen LogP contribution in [-0.2, 0) is 0 Å². The molecule has 0 rings (SSSR count). The van der Waals surface area contributed by atoms with E-state index in [-0.39, 0.29) is 5.92 Å². The van der Waals surface area contributed by atoms with Gasteiger partial charge in [0.2, 0.25) is 0 Å². The van der Waals surface area contributed by atoms with Crippen LogP contribution in [0.25, 0.3) is 0 Å². The van der Waals surface area contributed by atoms with Crippen molar-refractivity contribution < 1.29 is 0 Å². The van der Waals surface area contributed by atoms with E-state index in [0.29, 0.717) is 5.92 Å². The summed E-state index contributed by atoms with van der Waals surface area (Å²) >= 11 is 0. The topological polar surface area (TPSA) is 0 Å². The van der Waals surface area contributed by atoms with Crippen LogP contribution in [0.5, 0.6) is 0 Å². The minimum Gasteiger partial charge on any atom is -0.105 e. The van der Waals surface area contributed by atoms with Crippen molar-refractivity contribution in [3.05, 3.63) is 0 Å². The highest BCUT2D eigenvalue weighted by Gasteiger charge is 2.03. The number of hydrogen-bond acceptors (Lipinski definition) is 0. The first-order chi connectivity index (χ1) is 6.70. The second-order valence-corrected chi connectivity index (χ2v) is 4.00. The smallest absolute Gasteiger partial charge is 0.0813 e. The highest BCUT2D eigenvalue weighted by Crippen LogP contribution is 2.09. The summed E-state index contributed by atoms with van der Waals surface area (Å²) in [6.45, 7) is 8.52. The summed E-state index contributed by atoms with van der Waals surface area (Å²) in [6.07, 6.45) is 4.56. The second-order valence-electron chi connectivity index (χ2n) is 4.00. The van der Waals surface area contributed by atoms with Gasteiger partial charge in [-0.3, -0.25) is 0 Å². The third-order valence-electron chi connectivity index (χ3n) is 1.96. The lowest BCUT2D eigenvalue weighted by Gasteiger charge is -2.05. The Bertz CT molecular complexity index is 239. The maximum absolute atomic E-state index is 3.26. The summed E-state index contributed by atoms with van der Waals surface area (Å²) in [5.74, 6) is 13.6. The molecule has 0 amide bonds. The molecule has 0 saturated heterocycles. The largest absolute Gasteiger partial charge is 0.105 e. The monoisotopic (exact) mass is 190 g/mol. The Morgan fingerprint density at radius 2 is 1.86 bits per heavy atom. The van der Waals surface area contributed by atoms with Gasteiger partial charge in [-0.25, -0.2) is 0 Å². The molecule has 78 valence electrons. The molecular weight excluding hydrogens is 168 g/mol. The zero-order valence-electron chi connectivity index (χ0n) is 9.98. The van der Waals surface area contributed by atoms with Gasteiger partial charge in [0.25, 0.3) is 0 Å². The summed E-state index contributed by atoms with van der Waals surface area (Å²) in [6, 6.07) is 0. The van der Waals surface area contributed by atoms with Crippen molar-refractivity contribution in [2.45, 2.75) is 53.4 Å². The third-order valence-corrected chi connectivity index (χ3v) is 1.96. The van der Waals surface area contributed by atoms with Gasteiger partial charge in [0.1, 0.15) is 0 Å². The van der Waals surface area contributed by atoms with Crippen LogP contribution in [-0.4, -0.2) is 0 Å². The molecule has 0 radical (unpaired) electrons. The second kappa shape index (κ2) is 8.71. The lowest BCUT2D eigenvalue weighted by Crippen LogP contribution is -1.99. The lowest BCUT2D eigenvalue weighted by atomic mass is 9.98. The van der Waals surface area contributed by atoms with Crippen molar-refractivity contribution >= 4 is 0 Å². The standard InChI is InChI=1S/C14H22/c1-5-7-8-9-11-14(10-6-2)12-13(3)4/h13-14H,5,7-8,12H2,1-4H3. The fourth-order valence-corrected chi connectivity index (χ4v) is 1.26. The van der Waals surface area contributed by atoms with Crippen molar-refractivity contribution in [2.75, 3.05) is 0 Å². The van der Waals surface area contributed by atoms with Gasteiger partial charge < -0.3 is 0 Å². The molecule has 0 heterocycles. The van der Waals surface area contributed by atoms with Gasteiger partial charge in [-0.1, -0.05) is 39.0 Å². The summed E-state index contributed by atoms with van der Waals surface area (Å²) < 4.78 is 0. The summed E-state index contributed by atoms with van der Waals surface area (Å²) in [4.78, 5) is 0. The van der Waals surface area contributed by atoms with Crippen molar-refractivity contribution in [1.29, 1.82) is 0 Å². The molecule has 0 fully saturated rings. The highest BCUT2D eigenvalue weighted by molar-refractivity contribution is 5.17. The van der Waals surface area contributed by atoms with Gasteiger partial charge in [-0.15, -0.1) is 11.8 Å². The minimum atomic E-state index is 0.289. The Labute approximate surface area is 89.5 Å². The van der Waals surface area contributed by atoms with Gasteiger partial charge >= 0.3 is 0 Å². The molecule has 0 bridgehead atoms. The van der Waals surface area contributed by atoms with E-state index >= 15 is 0 Å². The first-order valence-corrected chi connectivity index (χ1v) is 5.61. The van der Waals surface area contributed by atoms with E-state index in [1.807, 2.05) is 6.92 Å². The van der Waals surface area contributed by atoms with Gasteiger partial charge in [-0.2, -0.15) is 0 Å². The van der Waals surface area contributed by atoms with Crippen LogP contribution in [0.2, 0.25) is 0 Å². The molecular formula is C14H22. The van der Waals surface area contributed by atoms with Gasteiger partial charge in [0.05, 0.1) is 5.92 Å². The molecule has 0 nitrogen and oxygen atoms in total. The van der Waals surface area contributed by atoms with Crippen LogP contribution in [0.1, 0.15) is 53.4 Å². The Balaban J connectivity index is 4.03. The van der Waals surface area contributed by atoms with Gasteiger partial charge in [0, 0.05) is 6.42 Å². The average molecular weight is 190 g/mol. The zero-order valence-corrected chi connectivity index (χ0v) is 9.98. The summed E-state index contributed by atoms with van der Waals surface area (Å²) in [7, 11) is 0. The predicted octanol–water partition coefficient (Wildman–Crippen LogP) is 3.87. The van der Waals surface area contributed by atoms with Crippen LogP contribution in [0.15, 0.2) is 0 Å². The summed E-state index contributed by atoms with van der Waals surface area (Å²) in [5.41, 5.74) is 0. The molecule has 0 aromatic carbocycles. The Hall–Kier alpha value is -0.880. The molecule has 0 spiro atoms. The molecule has 0 N–H and O–H groups in total. The fraction of sp³-hybridized carbons (Fsp3) is 0.714. The van der Waals surface area contributed by atoms with E-state index in [0.717, 1.165) is 12.8 Å². The number of hydrogen-bond donors (Lipinski definition) is 0. The molecule has 1 unspecified atom stereocenters. The van der Waals surface area contributed by atoms with Crippen LogP contribution in [0.3, 0.4) is 0 Å². The van der Waals surface area contributed by atoms with E-state index in [4.69, 9.17) is 0 Å². The Morgan fingerprint density at radius 1 is 1.14 bits per heavy atom. The maximum Gasteiger partial charge on any atom is 0.0813 e. The molecule has 0 aromatic heterocycles. The van der Waals surface area contributed by atoms with Crippen molar-refractivity contribution in [2.24, 2.45) is 11.8 Å². The Kier molecular flexibility index (Phi) is 8.16. The lowest BCUT2D eigenvalue weighted by molar-refractivity contribution is 0.550. The molecule has 0 heteroatoms. The van der Waals surface area contributed by atoms with Gasteiger partial charge in [-0.05, 0) is 25.7 Å².